The monoisotopic (exact) mass is 445 g/mol. The molecule has 4 rings (SSSR count). The van der Waals surface area contributed by atoms with Gasteiger partial charge < -0.3 is 13.9 Å². The van der Waals surface area contributed by atoms with Gasteiger partial charge in [-0.2, -0.15) is 0 Å². The number of fused-ring (bicyclic) bond motifs is 1. The summed E-state index contributed by atoms with van der Waals surface area (Å²) >= 11 is 0. The van der Waals surface area contributed by atoms with Crippen LogP contribution < -0.4 is 4.90 Å². The molecule has 1 unspecified atom stereocenters. The second-order valence-electron chi connectivity index (χ2n) is 7.52. The Morgan fingerprint density at radius 2 is 1.47 bits per heavy atom. The molecule has 1 atom stereocenters. The van der Waals surface area contributed by atoms with Gasteiger partial charge in [0.15, 0.2) is 0 Å². The van der Waals surface area contributed by atoms with Crippen LogP contribution >= 0.6 is 7.60 Å². The average molecular weight is 445 g/mol. The number of benzene rings is 3. The highest BCUT2D eigenvalue weighted by Gasteiger charge is 2.58. The van der Waals surface area contributed by atoms with Gasteiger partial charge in [-0.1, -0.05) is 72.5 Å². The first-order valence-electron chi connectivity index (χ1n) is 11.0. The van der Waals surface area contributed by atoms with E-state index in [4.69, 9.17) is 9.05 Å². The van der Waals surface area contributed by atoms with Crippen LogP contribution in [0.15, 0.2) is 84.9 Å². The molecule has 0 aromatic heterocycles. The molecule has 3 aromatic carbocycles. The maximum Gasteiger partial charge on any atom is 0.373 e. The third-order valence-corrected chi connectivity index (χ3v) is 8.19. The van der Waals surface area contributed by atoms with Gasteiger partial charge >= 0.3 is 7.60 Å². The summed E-state index contributed by atoms with van der Waals surface area (Å²) in [5.74, 6) is 6.72. The van der Waals surface area contributed by atoms with E-state index >= 15 is 0 Å². The molecule has 5 heteroatoms. The summed E-state index contributed by atoms with van der Waals surface area (Å²) in [6, 6.07) is 27.8. The standard InChI is InChI=1S/C27H28NO3P/c1-3-30-32(29,31-4-2)27(21-19-23-13-7-5-8-14-23)26-18-12-11-15-24(26)20-22-28(27)25-16-9-6-10-17-25/h5-18H,3-4,20,22H2,1-2H3. The SMILES string of the molecule is CCOP(=O)(OCC)C1(C#Cc2ccccc2)c2ccccc2CCN1c1ccccc1. The Labute approximate surface area is 190 Å². The Hall–Kier alpha value is -2.83. The Morgan fingerprint density at radius 3 is 2.12 bits per heavy atom. The summed E-state index contributed by atoms with van der Waals surface area (Å²) in [5, 5.41) is -1.27. The minimum Gasteiger partial charge on any atom is -0.341 e. The van der Waals surface area contributed by atoms with Crippen LogP contribution in [0.25, 0.3) is 0 Å². The summed E-state index contributed by atoms with van der Waals surface area (Å²) in [6.45, 7) is 4.85. The quantitative estimate of drug-likeness (QED) is 0.334. The lowest BCUT2D eigenvalue weighted by atomic mass is 9.91. The molecule has 1 aliphatic rings. The first-order valence-corrected chi connectivity index (χ1v) is 12.6. The van der Waals surface area contributed by atoms with Crippen molar-refractivity contribution in [3.8, 4) is 11.8 Å². The predicted molar refractivity (Wildman–Crippen MR) is 130 cm³/mol. The normalized spacial score (nSPS) is 17.9. The molecule has 0 aliphatic carbocycles. The number of nitrogens with zero attached hydrogens (tertiary/aromatic N) is 1. The van der Waals surface area contributed by atoms with Crippen LogP contribution in [0.2, 0.25) is 0 Å². The number of para-hydroxylation sites is 1. The summed E-state index contributed by atoms with van der Waals surface area (Å²) in [5.41, 5.74) is 3.77. The minimum atomic E-state index is -3.76. The predicted octanol–water partition coefficient (Wildman–Crippen LogP) is 6.22. The van der Waals surface area contributed by atoms with Crippen LogP contribution in [-0.4, -0.2) is 19.8 Å². The van der Waals surface area contributed by atoms with Gasteiger partial charge in [-0.15, -0.1) is 0 Å². The zero-order valence-electron chi connectivity index (χ0n) is 18.5. The Balaban J connectivity index is 2.05. The van der Waals surface area contributed by atoms with Crippen molar-refractivity contribution in [3.05, 3.63) is 102 Å². The van der Waals surface area contributed by atoms with E-state index in [1.807, 2.05) is 92.7 Å². The van der Waals surface area contributed by atoms with Gasteiger partial charge in [0, 0.05) is 23.4 Å². The smallest absolute Gasteiger partial charge is 0.341 e. The maximum atomic E-state index is 14.7. The summed E-state index contributed by atoms with van der Waals surface area (Å²) in [6.07, 6.45) is 0.818. The van der Waals surface area contributed by atoms with Gasteiger partial charge in [0.1, 0.15) is 0 Å². The fourth-order valence-electron chi connectivity index (χ4n) is 4.29. The van der Waals surface area contributed by atoms with Gasteiger partial charge in [-0.05, 0) is 50.1 Å². The van der Waals surface area contributed by atoms with Crippen molar-refractivity contribution in [2.24, 2.45) is 0 Å². The van der Waals surface area contributed by atoms with E-state index < -0.39 is 12.9 Å². The Kier molecular flexibility index (Phi) is 6.82. The molecule has 0 spiro atoms. The number of rotatable bonds is 6. The van der Waals surface area contributed by atoms with Crippen molar-refractivity contribution in [1.82, 2.24) is 0 Å². The molecule has 1 aliphatic heterocycles. The van der Waals surface area contributed by atoms with E-state index in [2.05, 4.69) is 22.8 Å². The number of hydrogen-bond donors (Lipinski definition) is 0. The molecule has 0 amide bonds. The van der Waals surface area contributed by atoms with Crippen LogP contribution in [0, 0.1) is 11.8 Å². The minimum absolute atomic E-state index is 0.261. The van der Waals surface area contributed by atoms with Gasteiger partial charge in [0.2, 0.25) is 5.28 Å². The van der Waals surface area contributed by atoms with E-state index in [9.17, 15) is 4.57 Å². The van der Waals surface area contributed by atoms with Crippen molar-refractivity contribution in [3.63, 3.8) is 0 Å². The molecule has 0 N–H and O–H groups in total. The summed E-state index contributed by atoms with van der Waals surface area (Å²) in [7, 11) is -3.76. The van der Waals surface area contributed by atoms with Crippen molar-refractivity contribution >= 4 is 13.3 Å². The molecule has 1 heterocycles. The third kappa shape index (κ3) is 4.00. The molecule has 4 nitrogen and oxygen atoms in total. The molecule has 32 heavy (non-hydrogen) atoms. The topological polar surface area (TPSA) is 38.8 Å². The second kappa shape index (κ2) is 9.76. The van der Waals surface area contributed by atoms with Gasteiger partial charge in [0.25, 0.3) is 0 Å². The summed E-state index contributed by atoms with van der Waals surface area (Å²) < 4.78 is 26.7. The third-order valence-electron chi connectivity index (χ3n) is 5.61. The van der Waals surface area contributed by atoms with E-state index in [1.165, 1.54) is 0 Å². The first kappa shape index (κ1) is 22.4. The highest BCUT2D eigenvalue weighted by molar-refractivity contribution is 7.55. The van der Waals surface area contributed by atoms with E-state index in [0.29, 0.717) is 6.54 Å². The van der Waals surface area contributed by atoms with Gasteiger partial charge in [-0.25, -0.2) is 0 Å². The molecule has 0 saturated carbocycles. The van der Waals surface area contributed by atoms with E-state index in [1.54, 1.807) is 0 Å². The average Bonchev–Trinajstić information content (AvgIpc) is 2.84. The van der Waals surface area contributed by atoms with Crippen LogP contribution in [0.4, 0.5) is 5.69 Å². The van der Waals surface area contributed by atoms with Crippen LogP contribution in [-0.2, 0) is 25.3 Å². The fourth-order valence-corrected chi connectivity index (χ4v) is 6.63. The number of hydrogen-bond acceptors (Lipinski definition) is 4. The molecule has 3 aromatic rings. The second-order valence-corrected chi connectivity index (χ2v) is 9.67. The van der Waals surface area contributed by atoms with Crippen LogP contribution in [0.5, 0.6) is 0 Å². The molecule has 0 radical (unpaired) electrons. The maximum absolute atomic E-state index is 14.7. The first-order chi connectivity index (χ1) is 15.6. The lowest BCUT2D eigenvalue weighted by molar-refractivity contribution is 0.201. The molecular weight excluding hydrogens is 417 g/mol. The zero-order chi connectivity index (χ0) is 22.4. The van der Waals surface area contributed by atoms with Crippen molar-refractivity contribution in [2.45, 2.75) is 25.5 Å². The van der Waals surface area contributed by atoms with E-state index in [-0.39, 0.29) is 13.2 Å². The molecule has 164 valence electrons. The van der Waals surface area contributed by atoms with Crippen molar-refractivity contribution < 1.29 is 13.6 Å². The van der Waals surface area contributed by atoms with Crippen molar-refractivity contribution in [1.29, 1.82) is 0 Å². The highest BCUT2D eigenvalue weighted by Crippen LogP contribution is 2.68. The molecular formula is C27H28NO3P. The lowest BCUT2D eigenvalue weighted by Gasteiger charge is -2.48. The van der Waals surface area contributed by atoms with Crippen LogP contribution in [0.3, 0.4) is 0 Å². The number of anilines is 1. The largest absolute Gasteiger partial charge is 0.373 e. The zero-order valence-corrected chi connectivity index (χ0v) is 19.4. The Bertz CT molecular complexity index is 1140. The highest BCUT2D eigenvalue weighted by atomic mass is 31.2. The lowest BCUT2D eigenvalue weighted by Crippen LogP contribution is -2.50. The molecule has 0 bridgehead atoms. The van der Waals surface area contributed by atoms with Crippen LogP contribution in [0.1, 0.15) is 30.5 Å². The summed E-state index contributed by atoms with van der Waals surface area (Å²) in [4.78, 5) is 2.11. The molecule has 0 fully saturated rings. The van der Waals surface area contributed by atoms with Gasteiger partial charge in [0.05, 0.1) is 13.2 Å². The Morgan fingerprint density at radius 1 is 0.875 bits per heavy atom. The molecule has 0 saturated heterocycles. The fraction of sp³-hybridized carbons (Fsp3) is 0.259. The van der Waals surface area contributed by atoms with E-state index in [0.717, 1.165) is 28.8 Å². The van der Waals surface area contributed by atoms with Crippen molar-refractivity contribution in [2.75, 3.05) is 24.7 Å². The van der Waals surface area contributed by atoms with Gasteiger partial charge in [-0.3, -0.25) is 4.57 Å².